The maximum atomic E-state index is 11.7. The summed E-state index contributed by atoms with van der Waals surface area (Å²) < 4.78 is 10.4. The predicted octanol–water partition coefficient (Wildman–Crippen LogP) is 4.18. The van der Waals surface area contributed by atoms with E-state index in [9.17, 15) is 9.59 Å². The Morgan fingerprint density at radius 3 is 2.41 bits per heavy atom. The molecule has 4 nitrogen and oxygen atoms in total. The Hall–Kier alpha value is -1.32. The summed E-state index contributed by atoms with van der Waals surface area (Å²) in [7, 11) is 0. The fraction of sp³-hybridized carbons (Fsp3) is 0.778. The van der Waals surface area contributed by atoms with Crippen LogP contribution in [0.15, 0.2) is 12.2 Å². The van der Waals surface area contributed by atoms with Crippen molar-refractivity contribution < 1.29 is 19.1 Å². The number of carbonyl (C=O) groups is 2. The molecule has 1 rings (SSSR count). The van der Waals surface area contributed by atoms with Crippen molar-refractivity contribution in [1.82, 2.24) is 0 Å². The number of hydrogen-bond donors (Lipinski definition) is 0. The van der Waals surface area contributed by atoms with Crippen molar-refractivity contribution in [3.05, 3.63) is 12.2 Å². The van der Waals surface area contributed by atoms with Gasteiger partial charge in [0.05, 0.1) is 6.42 Å². The first-order valence-electron chi connectivity index (χ1n) is 8.55. The van der Waals surface area contributed by atoms with E-state index in [0.717, 1.165) is 31.6 Å². The Morgan fingerprint density at radius 2 is 1.82 bits per heavy atom. The highest BCUT2D eigenvalue weighted by molar-refractivity contribution is 5.87. The maximum absolute atomic E-state index is 11.7. The quantitative estimate of drug-likeness (QED) is 0.364. The van der Waals surface area contributed by atoms with E-state index in [-0.39, 0.29) is 25.1 Å². The molecule has 0 amide bonds. The lowest BCUT2D eigenvalue weighted by atomic mass is 9.84. The van der Waals surface area contributed by atoms with Gasteiger partial charge < -0.3 is 9.47 Å². The fourth-order valence-electron chi connectivity index (χ4n) is 2.82. The predicted molar refractivity (Wildman–Crippen MR) is 86.4 cm³/mol. The summed E-state index contributed by atoms with van der Waals surface area (Å²) in [5, 5.41) is 0. The molecule has 0 radical (unpaired) electrons. The van der Waals surface area contributed by atoms with Crippen molar-refractivity contribution in [2.75, 3.05) is 6.61 Å². The van der Waals surface area contributed by atoms with Gasteiger partial charge in [-0.25, -0.2) is 4.79 Å². The first-order valence-corrected chi connectivity index (χ1v) is 8.55. The van der Waals surface area contributed by atoms with Gasteiger partial charge >= 0.3 is 11.9 Å². The molecule has 0 aromatic carbocycles. The minimum atomic E-state index is -0.458. The lowest BCUT2D eigenvalue weighted by Gasteiger charge is -2.28. The van der Waals surface area contributed by atoms with Crippen LogP contribution in [0.4, 0.5) is 0 Å². The van der Waals surface area contributed by atoms with Crippen LogP contribution in [-0.4, -0.2) is 24.6 Å². The molecule has 0 atom stereocenters. The van der Waals surface area contributed by atoms with Crippen LogP contribution in [0.3, 0.4) is 0 Å². The summed E-state index contributed by atoms with van der Waals surface area (Å²) in [4.78, 5) is 22.9. The van der Waals surface area contributed by atoms with E-state index in [1.54, 1.807) is 6.92 Å². The van der Waals surface area contributed by atoms with E-state index in [1.165, 1.54) is 25.7 Å². The van der Waals surface area contributed by atoms with Crippen molar-refractivity contribution in [2.45, 2.75) is 77.7 Å². The lowest BCUT2D eigenvalue weighted by Crippen LogP contribution is -2.25. The molecule has 4 heteroatoms. The van der Waals surface area contributed by atoms with Gasteiger partial charge in [-0.05, 0) is 38.5 Å². The summed E-state index contributed by atoms with van der Waals surface area (Å²) in [6.45, 7) is 7.36. The van der Waals surface area contributed by atoms with Crippen LogP contribution in [0.2, 0.25) is 0 Å². The molecular formula is C18H30O4. The molecule has 1 aliphatic carbocycles. The first kappa shape index (κ1) is 18.7. The van der Waals surface area contributed by atoms with Gasteiger partial charge in [0.15, 0.2) is 0 Å². The SMILES string of the molecule is C=C(C)C(=O)OCCC(=O)OC1CCC(CCCCC)CC1. The Kier molecular flexibility index (Phi) is 8.86. The molecule has 0 heterocycles. The van der Waals surface area contributed by atoms with Gasteiger partial charge in [0.1, 0.15) is 12.7 Å². The maximum Gasteiger partial charge on any atom is 0.333 e. The summed E-state index contributed by atoms with van der Waals surface area (Å²) in [5.74, 6) is 0.0716. The molecule has 126 valence electrons. The zero-order chi connectivity index (χ0) is 16.4. The monoisotopic (exact) mass is 310 g/mol. The third-order valence-corrected chi connectivity index (χ3v) is 4.20. The Labute approximate surface area is 134 Å². The molecule has 1 saturated carbocycles. The van der Waals surface area contributed by atoms with Crippen LogP contribution >= 0.6 is 0 Å². The molecule has 1 fully saturated rings. The molecule has 0 bridgehead atoms. The van der Waals surface area contributed by atoms with Gasteiger partial charge in [-0.1, -0.05) is 39.2 Å². The second-order valence-corrected chi connectivity index (χ2v) is 6.29. The molecule has 0 aromatic heterocycles. The average Bonchev–Trinajstić information content (AvgIpc) is 2.49. The molecular weight excluding hydrogens is 280 g/mol. The summed E-state index contributed by atoms with van der Waals surface area (Å²) in [6.07, 6.45) is 9.63. The van der Waals surface area contributed by atoms with Crippen LogP contribution < -0.4 is 0 Å². The second kappa shape index (κ2) is 10.4. The molecule has 22 heavy (non-hydrogen) atoms. The molecule has 0 N–H and O–H groups in total. The topological polar surface area (TPSA) is 52.6 Å². The van der Waals surface area contributed by atoms with E-state index in [1.807, 2.05) is 0 Å². The van der Waals surface area contributed by atoms with E-state index in [2.05, 4.69) is 13.5 Å². The van der Waals surface area contributed by atoms with Crippen LogP contribution in [0.5, 0.6) is 0 Å². The third-order valence-electron chi connectivity index (χ3n) is 4.20. The lowest BCUT2D eigenvalue weighted by molar-refractivity contribution is -0.153. The molecule has 0 unspecified atom stereocenters. The number of esters is 2. The van der Waals surface area contributed by atoms with E-state index in [4.69, 9.17) is 9.47 Å². The Bertz CT molecular complexity index is 367. The highest BCUT2D eigenvalue weighted by Crippen LogP contribution is 2.30. The normalized spacial score (nSPS) is 21.2. The van der Waals surface area contributed by atoms with Crippen molar-refractivity contribution in [1.29, 1.82) is 0 Å². The largest absolute Gasteiger partial charge is 0.462 e. The van der Waals surface area contributed by atoms with E-state index < -0.39 is 5.97 Å². The zero-order valence-corrected chi connectivity index (χ0v) is 14.1. The first-order chi connectivity index (χ1) is 10.5. The smallest absolute Gasteiger partial charge is 0.333 e. The molecule has 1 aliphatic rings. The number of carbonyl (C=O) groups excluding carboxylic acids is 2. The van der Waals surface area contributed by atoms with Crippen molar-refractivity contribution in [3.63, 3.8) is 0 Å². The summed E-state index contributed by atoms with van der Waals surface area (Å²) >= 11 is 0. The van der Waals surface area contributed by atoms with Crippen LogP contribution in [-0.2, 0) is 19.1 Å². The van der Waals surface area contributed by atoms with Crippen LogP contribution in [0.1, 0.15) is 71.6 Å². The van der Waals surface area contributed by atoms with Crippen molar-refractivity contribution in [3.8, 4) is 0 Å². The van der Waals surface area contributed by atoms with Gasteiger partial charge in [-0.15, -0.1) is 0 Å². The zero-order valence-electron chi connectivity index (χ0n) is 14.1. The van der Waals surface area contributed by atoms with Crippen molar-refractivity contribution >= 4 is 11.9 Å². The minimum Gasteiger partial charge on any atom is -0.462 e. The standard InChI is InChI=1S/C18H30O4/c1-4-5-6-7-15-8-10-16(11-9-15)22-17(19)12-13-21-18(20)14(2)3/h15-16H,2,4-13H2,1,3H3. The van der Waals surface area contributed by atoms with Crippen molar-refractivity contribution in [2.24, 2.45) is 5.92 Å². The number of unbranched alkanes of at least 4 members (excludes halogenated alkanes) is 2. The minimum absolute atomic E-state index is 0.0479. The summed E-state index contributed by atoms with van der Waals surface area (Å²) in [6, 6.07) is 0. The molecule has 0 spiro atoms. The Morgan fingerprint density at radius 1 is 1.14 bits per heavy atom. The van der Waals surface area contributed by atoms with Gasteiger partial charge in [-0.2, -0.15) is 0 Å². The van der Waals surface area contributed by atoms with E-state index in [0.29, 0.717) is 5.57 Å². The van der Waals surface area contributed by atoms with Gasteiger partial charge in [0, 0.05) is 5.57 Å². The number of ether oxygens (including phenoxy) is 2. The second-order valence-electron chi connectivity index (χ2n) is 6.29. The highest BCUT2D eigenvalue weighted by atomic mass is 16.6. The third kappa shape index (κ3) is 7.62. The highest BCUT2D eigenvalue weighted by Gasteiger charge is 2.23. The number of hydrogen-bond acceptors (Lipinski definition) is 4. The van der Waals surface area contributed by atoms with Crippen LogP contribution in [0, 0.1) is 5.92 Å². The summed E-state index contributed by atoms with van der Waals surface area (Å²) in [5.41, 5.74) is 0.342. The van der Waals surface area contributed by atoms with Gasteiger partial charge in [0.25, 0.3) is 0 Å². The average molecular weight is 310 g/mol. The molecule has 0 aromatic rings. The van der Waals surface area contributed by atoms with Gasteiger partial charge in [0.2, 0.25) is 0 Å². The van der Waals surface area contributed by atoms with Crippen LogP contribution in [0.25, 0.3) is 0 Å². The Balaban J connectivity index is 2.11. The fourth-order valence-corrected chi connectivity index (χ4v) is 2.82. The number of rotatable bonds is 9. The van der Waals surface area contributed by atoms with E-state index >= 15 is 0 Å². The van der Waals surface area contributed by atoms with Gasteiger partial charge in [-0.3, -0.25) is 4.79 Å². The molecule has 0 aliphatic heterocycles. The molecule has 0 saturated heterocycles.